The standard InChI is InChI=1S/C13H24O3/c1-8-5-10(6-9(2)15-8)16-12-7-11(14)13(12,3)4/h8-12,14H,5-7H2,1-4H3. The lowest BCUT2D eigenvalue weighted by molar-refractivity contribution is -0.215. The Morgan fingerprint density at radius 1 is 1.12 bits per heavy atom. The summed E-state index contributed by atoms with van der Waals surface area (Å²) >= 11 is 0. The molecule has 1 aliphatic heterocycles. The zero-order valence-electron chi connectivity index (χ0n) is 10.8. The predicted molar refractivity (Wildman–Crippen MR) is 62.3 cm³/mol. The first-order chi connectivity index (χ1) is 7.39. The maximum atomic E-state index is 9.67. The van der Waals surface area contributed by atoms with E-state index in [1.165, 1.54) is 0 Å². The molecule has 0 spiro atoms. The van der Waals surface area contributed by atoms with Gasteiger partial charge in [-0.25, -0.2) is 0 Å². The van der Waals surface area contributed by atoms with Crippen molar-refractivity contribution < 1.29 is 14.6 Å². The van der Waals surface area contributed by atoms with Gasteiger partial charge in [-0.1, -0.05) is 13.8 Å². The molecule has 1 saturated heterocycles. The summed E-state index contributed by atoms with van der Waals surface area (Å²) in [4.78, 5) is 0. The highest BCUT2D eigenvalue weighted by Gasteiger charge is 2.49. The van der Waals surface area contributed by atoms with Crippen LogP contribution in [0.2, 0.25) is 0 Å². The van der Waals surface area contributed by atoms with Crippen molar-refractivity contribution in [3.8, 4) is 0 Å². The van der Waals surface area contributed by atoms with Crippen molar-refractivity contribution in [2.75, 3.05) is 0 Å². The quantitative estimate of drug-likeness (QED) is 0.787. The highest BCUT2D eigenvalue weighted by Crippen LogP contribution is 2.44. The van der Waals surface area contributed by atoms with Crippen LogP contribution in [0.25, 0.3) is 0 Å². The second kappa shape index (κ2) is 4.28. The molecule has 3 heteroatoms. The van der Waals surface area contributed by atoms with Gasteiger partial charge in [0, 0.05) is 11.8 Å². The van der Waals surface area contributed by atoms with Gasteiger partial charge in [-0.05, 0) is 26.7 Å². The summed E-state index contributed by atoms with van der Waals surface area (Å²) < 4.78 is 11.8. The number of aliphatic hydroxyl groups excluding tert-OH is 1. The smallest absolute Gasteiger partial charge is 0.0679 e. The third-order valence-electron chi connectivity index (χ3n) is 4.14. The first-order valence-electron chi connectivity index (χ1n) is 6.38. The van der Waals surface area contributed by atoms with Gasteiger partial charge in [0.15, 0.2) is 0 Å². The fourth-order valence-corrected chi connectivity index (χ4v) is 2.78. The van der Waals surface area contributed by atoms with E-state index in [-0.39, 0.29) is 17.6 Å². The number of hydrogen-bond acceptors (Lipinski definition) is 3. The van der Waals surface area contributed by atoms with Crippen LogP contribution in [-0.4, -0.2) is 35.6 Å². The van der Waals surface area contributed by atoms with Gasteiger partial charge in [-0.3, -0.25) is 0 Å². The van der Waals surface area contributed by atoms with E-state index in [1.54, 1.807) is 0 Å². The zero-order valence-corrected chi connectivity index (χ0v) is 10.8. The minimum atomic E-state index is -0.202. The minimum Gasteiger partial charge on any atom is -0.392 e. The third kappa shape index (κ3) is 2.27. The number of aliphatic hydroxyl groups is 1. The van der Waals surface area contributed by atoms with Crippen LogP contribution >= 0.6 is 0 Å². The Morgan fingerprint density at radius 3 is 2.12 bits per heavy atom. The molecule has 0 bridgehead atoms. The number of hydrogen-bond donors (Lipinski definition) is 1. The van der Waals surface area contributed by atoms with Gasteiger partial charge in [0.05, 0.1) is 30.5 Å². The molecule has 0 aromatic rings. The van der Waals surface area contributed by atoms with Crippen LogP contribution in [0.5, 0.6) is 0 Å². The molecular weight excluding hydrogens is 204 g/mol. The monoisotopic (exact) mass is 228 g/mol. The average molecular weight is 228 g/mol. The van der Waals surface area contributed by atoms with E-state index in [1.807, 2.05) is 0 Å². The molecule has 2 fully saturated rings. The van der Waals surface area contributed by atoms with Gasteiger partial charge in [0.25, 0.3) is 0 Å². The lowest BCUT2D eigenvalue weighted by Crippen LogP contribution is -2.56. The maximum Gasteiger partial charge on any atom is 0.0679 e. The lowest BCUT2D eigenvalue weighted by Gasteiger charge is -2.50. The molecule has 0 radical (unpaired) electrons. The first kappa shape index (κ1) is 12.3. The van der Waals surface area contributed by atoms with E-state index in [0.717, 1.165) is 19.3 Å². The molecule has 0 aromatic carbocycles. The summed E-state index contributed by atoms with van der Waals surface area (Å²) in [6.07, 6.45) is 3.64. The minimum absolute atomic E-state index is 0.0786. The van der Waals surface area contributed by atoms with E-state index in [0.29, 0.717) is 18.3 Å². The van der Waals surface area contributed by atoms with Gasteiger partial charge in [0.2, 0.25) is 0 Å². The van der Waals surface area contributed by atoms with Gasteiger partial charge in [0.1, 0.15) is 0 Å². The highest BCUT2D eigenvalue weighted by atomic mass is 16.5. The Morgan fingerprint density at radius 2 is 1.69 bits per heavy atom. The van der Waals surface area contributed by atoms with Crippen LogP contribution in [0.3, 0.4) is 0 Å². The van der Waals surface area contributed by atoms with Crippen LogP contribution < -0.4 is 0 Å². The van der Waals surface area contributed by atoms with Crippen LogP contribution in [0.1, 0.15) is 47.0 Å². The molecule has 2 rings (SSSR count). The normalized spacial score (nSPS) is 47.4. The zero-order chi connectivity index (χ0) is 11.9. The molecule has 1 N–H and O–H groups in total. The Hall–Kier alpha value is -0.120. The molecule has 0 aromatic heterocycles. The van der Waals surface area contributed by atoms with E-state index in [4.69, 9.17) is 9.47 Å². The largest absolute Gasteiger partial charge is 0.392 e. The van der Waals surface area contributed by atoms with E-state index in [2.05, 4.69) is 27.7 Å². The molecule has 94 valence electrons. The number of ether oxygens (including phenoxy) is 2. The van der Waals surface area contributed by atoms with Crippen molar-refractivity contribution in [3.63, 3.8) is 0 Å². The first-order valence-corrected chi connectivity index (χ1v) is 6.38. The molecule has 16 heavy (non-hydrogen) atoms. The van der Waals surface area contributed by atoms with Crippen LogP contribution in [0.15, 0.2) is 0 Å². The van der Waals surface area contributed by atoms with Crippen molar-refractivity contribution in [2.45, 2.75) is 77.5 Å². The summed E-state index contributed by atoms with van der Waals surface area (Å²) in [5.41, 5.74) is -0.0786. The van der Waals surface area contributed by atoms with Crippen molar-refractivity contribution in [1.82, 2.24) is 0 Å². The van der Waals surface area contributed by atoms with Gasteiger partial charge in [-0.2, -0.15) is 0 Å². The summed E-state index contributed by atoms with van der Waals surface area (Å²) in [5, 5.41) is 9.67. The van der Waals surface area contributed by atoms with Gasteiger partial charge < -0.3 is 14.6 Å². The summed E-state index contributed by atoms with van der Waals surface area (Å²) in [6, 6.07) is 0. The highest BCUT2D eigenvalue weighted by molar-refractivity contribution is 4.98. The topological polar surface area (TPSA) is 38.7 Å². The van der Waals surface area contributed by atoms with E-state index < -0.39 is 0 Å². The summed E-state index contributed by atoms with van der Waals surface area (Å²) in [6.45, 7) is 8.37. The van der Waals surface area contributed by atoms with Gasteiger partial charge >= 0.3 is 0 Å². The fourth-order valence-electron chi connectivity index (χ4n) is 2.78. The number of rotatable bonds is 2. The van der Waals surface area contributed by atoms with Crippen LogP contribution in [0, 0.1) is 5.41 Å². The molecule has 2 aliphatic rings. The van der Waals surface area contributed by atoms with Gasteiger partial charge in [-0.15, -0.1) is 0 Å². The molecule has 0 amide bonds. The van der Waals surface area contributed by atoms with Crippen molar-refractivity contribution in [3.05, 3.63) is 0 Å². The Kier molecular flexibility index (Phi) is 3.30. The molecule has 3 nitrogen and oxygen atoms in total. The molecule has 4 unspecified atom stereocenters. The summed E-state index contributed by atoms with van der Waals surface area (Å²) in [7, 11) is 0. The van der Waals surface area contributed by atoms with Crippen LogP contribution in [-0.2, 0) is 9.47 Å². The molecular formula is C13H24O3. The Balaban J connectivity index is 1.86. The van der Waals surface area contributed by atoms with Crippen molar-refractivity contribution >= 4 is 0 Å². The predicted octanol–water partition coefficient (Wildman–Crippen LogP) is 2.12. The molecule has 1 saturated carbocycles. The van der Waals surface area contributed by atoms with E-state index in [9.17, 15) is 5.11 Å². The van der Waals surface area contributed by atoms with Crippen molar-refractivity contribution in [1.29, 1.82) is 0 Å². The molecule has 1 aliphatic carbocycles. The van der Waals surface area contributed by atoms with Crippen LogP contribution in [0.4, 0.5) is 0 Å². The SMILES string of the molecule is CC1CC(OC2CC(O)C2(C)C)CC(C)O1. The molecule has 1 heterocycles. The van der Waals surface area contributed by atoms with E-state index >= 15 is 0 Å². The average Bonchev–Trinajstić information content (AvgIpc) is 2.15. The summed E-state index contributed by atoms with van der Waals surface area (Å²) in [5.74, 6) is 0. The fraction of sp³-hybridized carbons (Fsp3) is 1.00. The molecule has 4 atom stereocenters. The maximum absolute atomic E-state index is 9.67. The lowest BCUT2D eigenvalue weighted by atomic mass is 9.66. The second-order valence-corrected chi connectivity index (χ2v) is 6.05. The Bertz CT molecular complexity index is 242. The second-order valence-electron chi connectivity index (χ2n) is 6.05. The third-order valence-corrected chi connectivity index (χ3v) is 4.14. The Labute approximate surface area is 98.1 Å². The van der Waals surface area contributed by atoms with Crippen molar-refractivity contribution in [2.24, 2.45) is 5.41 Å².